The predicted molar refractivity (Wildman–Crippen MR) is 124 cm³/mol. The van der Waals surface area contributed by atoms with E-state index >= 15 is 0 Å². The van der Waals surface area contributed by atoms with E-state index in [1.165, 1.54) is 64.2 Å². The second-order valence-electron chi connectivity index (χ2n) is 12.6. The molecule has 0 spiro atoms. The maximum Gasteiger partial charge on any atom is 0.0569 e. The van der Waals surface area contributed by atoms with E-state index in [2.05, 4.69) is 41.5 Å². The topological polar surface area (TPSA) is 20.2 Å². The number of fused-ring (bicyclic) bond motifs is 4. The Bertz CT molecular complexity index is 632. The van der Waals surface area contributed by atoms with Crippen molar-refractivity contribution >= 4 is 0 Å². The van der Waals surface area contributed by atoms with Crippen LogP contribution in [0.3, 0.4) is 0 Å². The summed E-state index contributed by atoms with van der Waals surface area (Å²) in [6, 6.07) is 0. The standard InChI is InChI=1S/C28H48O/c1-18(2)8-7-9-19(3)22-12-13-24-21-10-11-23-20(4)26(29)15-17-28(23,6)25(21)14-16-27(22,24)5/h18-20,22-24,26,29H,7-17H2,1-6H3/t19?,20-,22+,23?,24-,26-,27+,28-/m0/s1. The van der Waals surface area contributed by atoms with Crippen molar-refractivity contribution in [3.8, 4) is 0 Å². The first-order valence-electron chi connectivity index (χ1n) is 13.1. The van der Waals surface area contributed by atoms with Gasteiger partial charge in [0.15, 0.2) is 0 Å². The van der Waals surface area contributed by atoms with Crippen molar-refractivity contribution in [3.05, 3.63) is 11.1 Å². The largest absolute Gasteiger partial charge is 0.393 e. The molecule has 166 valence electrons. The van der Waals surface area contributed by atoms with Crippen LogP contribution in [0.4, 0.5) is 0 Å². The molecule has 2 fully saturated rings. The lowest BCUT2D eigenvalue weighted by atomic mass is 9.49. The molecule has 0 aromatic carbocycles. The Labute approximate surface area is 181 Å². The summed E-state index contributed by atoms with van der Waals surface area (Å²) in [5.41, 5.74) is 4.73. The summed E-state index contributed by atoms with van der Waals surface area (Å²) in [4.78, 5) is 0. The van der Waals surface area contributed by atoms with Gasteiger partial charge in [-0.1, -0.05) is 72.0 Å². The van der Waals surface area contributed by atoms with Crippen LogP contribution < -0.4 is 0 Å². The summed E-state index contributed by atoms with van der Waals surface area (Å²) in [5, 5.41) is 10.5. The number of aliphatic hydroxyl groups is 1. The van der Waals surface area contributed by atoms with Gasteiger partial charge in [-0.05, 0) is 97.7 Å². The van der Waals surface area contributed by atoms with Crippen LogP contribution in [0.2, 0.25) is 0 Å². The smallest absolute Gasteiger partial charge is 0.0569 e. The highest BCUT2D eigenvalue weighted by atomic mass is 16.3. The highest BCUT2D eigenvalue weighted by molar-refractivity contribution is 5.34. The van der Waals surface area contributed by atoms with Gasteiger partial charge in [0.05, 0.1) is 6.10 Å². The van der Waals surface area contributed by atoms with E-state index in [1.807, 2.05) is 11.1 Å². The number of hydrogen-bond donors (Lipinski definition) is 1. The predicted octanol–water partition coefficient (Wildman–Crippen LogP) is 7.78. The zero-order valence-corrected chi connectivity index (χ0v) is 20.3. The third kappa shape index (κ3) is 3.56. The van der Waals surface area contributed by atoms with Gasteiger partial charge in [-0.2, -0.15) is 0 Å². The van der Waals surface area contributed by atoms with Crippen LogP contribution in [0.5, 0.6) is 0 Å². The molecule has 2 unspecified atom stereocenters. The van der Waals surface area contributed by atoms with Gasteiger partial charge in [0.25, 0.3) is 0 Å². The number of rotatable bonds is 5. The molecule has 2 saturated carbocycles. The molecule has 29 heavy (non-hydrogen) atoms. The molecule has 0 aliphatic heterocycles. The summed E-state index contributed by atoms with van der Waals surface area (Å²) in [7, 11) is 0. The Morgan fingerprint density at radius 1 is 0.966 bits per heavy atom. The number of hydrogen-bond acceptors (Lipinski definition) is 1. The van der Waals surface area contributed by atoms with Crippen LogP contribution in [-0.4, -0.2) is 11.2 Å². The minimum atomic E-state index is -0.0633. The fraction of sp³-hybridized carbons (Fsp3) is 0.929. The zero-order valence-electron chi connectivity index (χ0n) is 20.3. The highest BCUT2D eigenvalue weighted by Gasteiger charge is 2.56. The number of allylic oxidation sites excluding steroid dienone is 2. The van der Waals surface area contributed by atoms with E-state index < -0.39 is 0 Å². The van der Waals surface area contributed by atoms with Crippen molar-refractivity contribution in [1.82, 2.24) is 0 Å². The van der Waals surface area contributed by atoms with Crippen LogP contribution >= 0.6 is 0 Å². The second kappa shape index (κ2) is 7.99. The highest BCUT2D eigenvalue weighted by Crippen LogP contribution is 2.66. The molecular formula is C28H48O. The molecule has 1 N–H and O–H groups in total. The van der Waals surface area contributed by atoms with E-state index in [9.17, 15) is 5.11 Å². The summed E-state index contributed by atoms with van der Waals surface area (Å²) in [6.45, 7) is 14.9. The molecule has 0 radical (unpaired) electrons. The molecule has 4 rings (SSSR count). The quantitative estimate of drug-likeness (QED) is 0.467. The van der Waals surface area contributed by atoms with Gasteiger partial charge in [0.1, 0.15) is 0 Å². The van der Waals surface area contributed by atoms with Gasteiger partial charge in [-0.3, -0.25) is 0 Å². The maximum atomic E-state index is 10.5. The van der Waals surface area contributed by atoms with Crippen molar-refractivity contribution in [3.63, 3.8) is 0 Å². The fourth-order valence-electron chi connectivity index (χ4n) is 8.93. The molecule has 0 aromatic rings. The molecule has 0 heterocycles. The molecule has 8 atom stereocenters. The van der Waals surface area contributed by atoms with Crippen LogP contribution in [-0.2, 0) is 0 Å². The van der Waals surface area contributed by atoms with Gasteiger partial charge in [0, 0.05) is 0 Å². The van der Waals surface area contributed by atoms with Crippen LogP contribution in [0, 0.1) is 46.3 Å². The zero-order chi connectivity index (χ0) is 21.0. The minimum absolute atomic E-state index is 0.0633. The SMILES string of the molecule is CC(C)CCCC(C)[C@H]1CC[C@H]2C3=C(CC[C@]12C)[C@@]1(C)CC[C@H](O)[C@@H](C)C1CC3. The third-order valence-corrected chi connectivity index (χ3v) is 10.7. The normalized spacial score (nSPS) is 45.7. The van der Waals surface area contributed by atoms with Crippen LogP contribution in [0.1, 0.15) is 112 Å². The molecule has 1 heteroatoms. The average molecular weight is 401 g/mol. The van der Waals surface area contributed by atoms with E-state index in [0.717, 1.165) is 30.1 Å². The third-order valence-electron chi connectivity index (χ3n) is 10.7. The lowest BCUT2D eigenvalue weighted by Gasteiger charge is -2.56. The Morgan fingerprint density at radius 2 is 1.72 bits per heavy atom. The van der Waals surface area contributed by atoms with E-state index in [0.29, 0.717) is 22.7 Å². The van der Waals surface area contributed by atoms with E-state index in [4.69, 9.17) is 0 Å². The average Bonchev–Trinajstić information content (AvgIpc) is 3.02. The fourth-order valence-corrected chi connectivity index (χ4v) is 8.93. The first kappa shape index (κ1) is 21.9. The monoisotopic (exact) mass is 400 g/mol. The van der Waals surface area contributed by atoms with Gasteiger partial charge in [0.2, 0.25) is 0 Å². The Balaban J connectivity index is 1.54. The van der Waals surface area contributed by atoms with Crippen molar-refractivity contribution in [2.75, 3.05) is 0 Å². The Kier molecular flexibility index (Phi) is 6.04. The molecule has 4 aliphatic carbocycles. The van der Waals surface area contributed by atoms with Crippen molar-refractivity contribution in [2.45, 2.75) is 118 Å². The van der Waals surface area contributed by atoms with Gasteiger partial charge in [-0.15, -0.1) is 0 Å². The summed E-state index contributed by atoms with van der Waals surface area (Å²) in [6.07, 6.45) is 14.8. The number of aliphatic hydroxyl groups excluding tert-OH is 1. The van der Waals surface area contributed by atoms with Crippen molar-refractivity contribution in [2.24, 2.45) is 46.3 Å². The summed E-state index contributed by atoms with van der Waals surface area (Å²) >= 11 is 0. The van der Waals surface area contributed by atoms with Crippen LogP contribution in [0.15, 0.2) is 11.1 Å². The molecular weight excluding hydrogens is 352 g/mol. The van der Waals surface area contributed by atoms with E-state index in [-0.39, 0.29) is 6.10 Å². The Morgan fingerprint density at radius 3 is 2.45 bits per heavy atom. The van der Waals surface area contributed by atoms with Crippen molar-refractivity contribution < 1.29 is 5.11 Å². The molecule has 4 aliphatic rings. The molecule has 0 bridgehead atoms. The van der Waals surface area contributed by atoms with E-state index in [1.54, 1.807) is 0 Å². The molecule has 0 saturated heterocycles. The molecule has 0 aromatic heterocycles. The molecule has 1 nitrogen and oxygen atoms in total. The first-order valence-corrected chi connectivity index (χ1v) is 13.1. The first-order chi connectivity index (χ1) is 13.7. The van der Waals surface area contributed by atoms with Crippen molar-refractivity contribution in [1.29, 1.82) is 0 Å². The Hall–Kier alpha value is -0.300. The lowest BCUT2D eigenvalue weighted by molar-refractivity contribution is -0.0336. The van der Waals surface area contributed by atoms with Gasteiger partial charge < -0.3 is 5.11 Å². The molecule has 0 amide bonds. The van der Waals surface area contributed by atoms with Gasteiger partial charge in [-0.25, -0.2) is 0 Å². The summed E-state index contributed by atoms with van der Waals surface area (Å²) < 4.78 is 0. The summed E-state index contributed by atoms with van der Waals surface area (Å²) in [5.74, 6) is 4.73. The lowest BCUT2D eigenvalue weighted by Crippen LogP contribution is -2.49. The van der Waals surface area contributed by atoms with Gasteiger partial charge >= 0.3 is 0 Å². The minimum Gasteiger partial charge on any atom is -0.393 e. The maximum absolute atomic E-state index is 10.5. The second-order valence-corrected chi connectivity index (χ2v) is 12.6. The van der Waals surface area contributed by atoms with Crippen LogP contribution in [0.25, 0.3) is 0 Å².